The number of hydrogen-bond donors (Lipinski definition) is 0. The summed E-state index contributed by atoms with van der Waals surface area (Å²) in [7, 11) is 0. The molecule has 0 aromatic rings. The Kier molecular flexibility index (Phi) is 4.44. The van der Waals surface area contributed by atoms with Crippen LogP contribution in [0.25, 0.3) is 0 Å². The van der Waals surface area contributed by atoms with Crippen LogP contribution in [0.5, 0.6) is 0 Å². The fourth-order valence-electron chi connectivity index (χ4n) is 6.01. The molecule has 0 radical (unpaired) electrons. The Morgan fingerprint density at radius 2 is 0.885 bits per heavy atom. The fourth-order valence-corrected chi connectivity index (χ4v) is 6.01. The van der Waals surface area contributed by atoms with Crippen LogP contribution in [0.1, 0.15) is 38.5 Å². The highest BCUT2D eigenvalue weighted by Gasteiger charge is 2.42. The normalized spacial score (nSPS) is 42.2. The summed E-state index contributed by atoms with van der Waals surface area (Å²) < 4.78 is 0. The molecule has 6 nitrogen and oxygen atoms in total. The van der Waals surface area contributed by atoms with Gasteiger partial charge in [-0.05, 0) is 76.5 Å². The molecule has 7 saturated heterocycles. The van der Waals surface area contributed by atoms with E-state index in [1.54, 1.807) is 0 Å². The summed E-state index contributed by atoms with van der Waals surface area (Å²) in [6.07, 6.45) is 7.18. The molecule has 7 rings (SSSR count). The first-order valence-electron chi connectivity index (χ1n) is 10.7. The number of piperidine rings is 6. The molecule has 6 heteroatoms. The van der Waals surface area contributed by atoms with E-state index in [1.165, 1.54) is 25.7 Å². The molecule has 144 valence electrons. The highest BCUT2D eigenvalue weighted by Crippen LogP contribution is 2.34. The molecule has 0 N–H and O–H groups in total. The second kappa shape index (κ2) is 6.79. The fraction of sp³-hybridized carbons (Fsp3) is 0.900. The standard InChI is InChI=1S/C20H32N4O2/c25-19(17-13-15-1-5-21(17)6-2-15)23-9-11-24(12-10-23)20(26)18-14-16-3-7-22(18)8-4-16/h15-18H,1-14H2. The highest BCUT2D eigenvalue weighted by molar-refractivity contribution is 5.84. The first-order valence-corrected chi connectivity index (χ1v) is 10.7. The molecular weight excluding hydrogens is 328 g/mol. The summed E-state index contributed by atoms with van der Waals surface area (Å²) in [5.41, 5.74) is 0. The Balaban J connectivity index is 1.16. The molecule has 0 aromatic carbocycles. The first kappa shape index (κ1) is 17.0. The van der Waals surface area contributed by atoms with Gasteiger partial charge in [0.1, 0.15) is 0 Å². The van der Waals surface area contributed by atoms with Gasteiger partial charge in [-0.1, -0.05) is 0 Å². The molecule has 0 saturated carbocycles. The van der Waals surface area contributed by atoms with E-state index in [2.05, 4.69) is 9.80 Å². The van der Waals surface area contributed by atoms with Gasteiger partial charge in [-0.3, -0.25) is 19.4 Å². The third-order valence-corrected chi connectivity index (χ3v) is 7.77. The minimum atomic E-state index is 0.116. The van der Waals surface area contributed by atoms with E-state index in [0.29, 0.717) is 11.8 Å². The topological polar surface area (TPSA) is 47.1 Å². The minimum Gasteiger partial charge on any atom is -0.338 e. The molecule has 2 amide bonds. The van der Waals surface area contributed by atoms with Gasteiger partial charge in [-0.2, -0.15) is 0 Å². The second-order valence-corrected chi connectivity index (χ2v) is 9.11. The molecule has 2 unspecified atom stereocenters. The van der Waals surface area contributed by atoms with Gasteiger partial charge in [0, 0.05) is 26.2 Å². The van der Waals surface area contributed by atoms with Crippen LogP contribution in [0.15, 0.2) is 0 Å². The van der Waals surface area contributed by atoms with Gasteiger partial charge in [-0.15, -0.1) is 0 Å². The third-order valence-electron chi connectivity index (χ3n) is 7.77. The lowest BCUT2D eigenvalue weighted by Gasteiger charge is -2.48. The van der Waals surface area contributed by atoms with Gasteiger partial charge in [0.2, 0.25) is 11.8 Å². The molecular formula is C20H32N4O2. The van der Waals surface area contributed by atoms with Gasteiger partial charge >= 0.3 is 0 Å². The molecule has 0 aromatic heterocycles. The smallest absolute Gasteiger partial charge is 0.240 e. The van der Waals surface area contributed by atoms with E-state index in [9.17, 15) is 9.59 Å². The maximum absolute atomic E-state index is 13.0. The predicted octanol–water partition coefficient (Wildman–Crippen LogP) is 0.626. The number of rotatable bonds is 2. The zero-order valence-corrected chi connectivity index (χ0v) is 15.8. The van der Waals surface area contributed by atoms with E-state index in [-0.39, 0.29) is 12.1 Å². The van der Waals surface area contributed by atoms with E-state index in [1.807, 2.05) is 9.80 Å². The molecule has 0 spiro atoms. The van der Waals surface area contributed by atoms with E-state index < -0.39 is 0 Å². The average Bonchev–Trinajstić information content (AvgIpc) is 2.74. The number of fused-ring (bicyclic) bond motifs is 6. The van der Waals surface area contributed by atoms with Crippen molar-refractivity contribution in [3.63, 3.8) is 0 Å². The van der Waals surface area contributed by atoms with Crippen LogP contribution >= 0.6 is 0 Å². The highest BCUT2D eigenvalue weighted by atomic mass is 16.2. The average molecular weight is 361 g/mol. The molecule has 7 fully saturated rings. The number of hydrogen-bond acceptors (Lipinski definition) is 4. The van der Waals surface area contributed by atoms with Crippen molar-refractivity contribution in [1.82, 2.24) is 19.6 Å². The summed E-state index contributed by atoms with van der Waals surface area (Å²) in [6.45, 7) is 7.25. The van der Waals surface area contributed by atoms with Crippen LogP contribution in [0.3, 0.4) is 0 Å². The zero-order valence-electron chi connectivity index (χ0n) is 15.8. The lowest BCUT2D eigenvalue weighted by molar-refractivity contribution is -0.149. The Labute approximate surface area is 156 Å². The summed E-state index contributed by atoms with van der Waals surface area (Å²) in [6, 6.07) is 0.231. The van der Waals surface area contributed by atoms with Crippen LogP contribution in [0, 0.1) is 11.8 Å². The summed E-state index contributed by atoms with van der Waals surface area (Å²) in [5, 5.41) is 0. The molecule has 7 aliphatic heterocycles. The Bertz CT molecular complexity index is 508. The number of amides is 2. The summed E-state index contributed by atoms with van der Waals surface area (Å²) in [4.78, 5) is 34.8. The third kappa shape index (κ3) is 2.95. The maximum atomic E-state index is 13.0. The van der Waals surface area contributed by atoms with Crippen molar-refractivity contribution in [2.75, 3.05) is 52.4 Å². The van der Waals surface area contributed by atoms with Crippen molar-refractivity contribution < 1.29 is 9.59 Å². The summed E-state index contributed by atoms with van der Waals surface area (Å²) >= 11 is 0. The molecule has 7 aliphatic rings. The van der Waals surface area contributed by atoms with Crippen molar-refractivity contribution in [3.05, 3.63) is 0 Å². The molecule has 26 heavy (non-hydrogen) atoms. The molecule has 7 heterocycles. The van der Waals surface area contributed by atoms with E-state index in [4.69, 9.17) is 0 Å². The van der Waals surface area contributed by atoms with Gasteiger partial charge in [0.05, 0.1) is 12.1 Å². The van der Waals surface area contributed by atoms with Crippen molar-refractivity contribution in [2.45, 2.75) is 50.6 Å². The van der Waals surface area contributed by atoms with E-state index >= 15 is 0 Å². The predicted molar refractivity (Wildman–Crippen MR) is 98.6 cm³/mol. The monoisotopic (exact) mass is 360 g/mol. The SMILES string of the molecule is O=C(C1CC2CCN1CC2)N1CCN(C(=O)C2CC3CCN2CC3)CC1. The first-order chi connectivity index (χ1) is 12.7. The maximum Gasteiger partial charge on any atom is 0.240 e. The van der Waals surface area contributed by atoms with Gasteiger partial charge < -0.3 is 9.80 Å². The lowest BCUT2D eigenvalue weighted by Crippen LogP contribution is -2.62. The molecule has 4 bridgehead atoms. The molecule has 0 aliphatic carbocycles. The number of nitrogens with zero attached hydrogens (tertiary/aromatic N) is 4. The Morgan fingerprint density at radius 1 is 0.538 bits per heavy atom. The van der Waals surface area contributed by atoms with Crippen molar-refractivity contribution in [3.8, 4) is 0 Å². The van der Waals surface area contributed by atoms with Crippen LogP contribution in [0.2, 0.25) is 0 Å². The zero-order chi connectivity index (χ0) is 17.7. The minimum absolute atomic E-state index is 0.116. The number of piperazine rings is 1. The Morgan fingerprint density at radius 3 is 1.15 bits per heavy atom. The van der Waals surface area contributed by atoms with Crippen LogP contribution in [0.4, 0.5) is 0 Å². The van der Waals surface area contributed by atoms with Gasteiger partial charge in [0.15, 0.2) is 0 Å². The Hall–Kier alpha value is -1.14. The number of carbonyl (C=O) groups is 2. The van der Waals surface area contributed by atoms with Crippen LogP contribution < -0.4 is 0 Å². The van der Waals surface area contributed by atoms with Gasteiger partial charge in [-0.25, -0.2) is 0 Å². The van der Waals surface area contributed by atoms with Crippen molar-refractivity contribution >= 4 is 11.8 Å². The van der Waals surface area contributed by atoms with E-state index in [0.717, 1.165) is 77.0 Å². The molecule has 2 atom stereocenters. The number of carbonyl (C=O) groups excluding carboxylic acids is 2. The quantitative estimate of drug-likeness (QED) is 0.725. The van der Waals surface area contributed by atoms with Gasteiger partial charge in [0.25, 0.3) is 0 Å². The van der Waals surface area contributed by atoms with Crippen LogP contribution in [-0.4, -0.2) is 95.9 Å². The lowest BCUT2D eigenvalue weighted by atomic mass is 9.82. The summed E-state index contributed by atoms with van der Waals surface area (Å²) in [5.74, 6) is 2.16. The van der Waals surface area contributed by atoms with Crippen molar-refractivity contribution in [2.24, 2.45) is 11.8 Å². The van der Waals surface area contributed by atoms with Crippen LogP contribution in [-0.2, 0) is 9.59 Å². The largest absolute Gasteiger partial charge is 0.338 e. The second-order valence-electron chi connectivity index (χ2n) is 9.11. The van der Waals surface area contributed by atoms with Crippen molar-refractivity contribution in [1.29, 1.82) is 0 Å².